The Labute approximate surface area is 112 Å². The first-order chi connectivity index (χ1) is 8.95. The van der Waals surface area contributed by atoms with Crippen molar-refractivity contribution >= 4 is 5.97 Å². The van der Waals surface area contributed by atoms with Gasteiger partial charge in [-0.15, -0.1) is 0 Å². The van der Waals surface area contributed by atoms with E-state index < -0.39 is 5.97 Å². The summed E-state index contributed by atoms with van der Waals surface area (Å²) in [6.07, 6.45) is 1.80. The molecule has 1 N–H and O–H groups in total. The Bertz CT molecular complexity index is 615. The van der Waals surface area contributed by atoms with E-state index in [0.29, 0.717) is 5.69 Å². The quantitative estimate of drug-likeness (QED) is 0.916. The van der Waals surface area contributed by atoms with Crippen molar-refractivity contribution in [3.63, 3.8) is 0 Å². The number of benzene rings is 1. The van der Waals surface area contributed by atoms with Gasteiger partial charge < -0.3 is 9.67 Å². The van der Waals surface area contributed by atoms with Gasteiger partial charge in [-0.2, -0.15) is 0 Å². The molecule has 0 amide bonds. The number of imidazole rings is 1. The van der Waals surface area contributed by atoms with E-state index in [-0.39, 0.29) is 6.42 Å². The number of carboxylic acid groups (broad SMARTS) is 1. The van der Waals surface area contributed by atoms with E-state index in [4.69, 9.17) is 5.11 Å². The molecule has 0 radical (unpaired) electrons. The molecule has 0 bridgehead atoms. The fourth-order valence-corrected chi connectivity index (χ4v) is 2.13. The highest BCUT2D eigenvalue weighted by atomic mass is 16.4. The van der Waals surface area contributed by atoms with Crippen LogP contribution in [0.3, 0.4) is 0 Å². The molecule has 1 aromatic heterocycles. The Morgan fingerprint density at radius 1 is 1.32 bits per heavy atom. The molecule has 1 heterocycles. The zero-order valence-electron chi connectivity index (χ0n) is 11.5. The summed E-state index contributed by atoms with van der Waals surface area (Å²) in [7, 11) is 0. The summed E-state index contributed by atoms with van der Waals surface area (Å²) in [6.45, 7) is 6.78. The van der Waals surface area contributed by atoms with Crippen LogP contribution in [-0.4, -0.2) is 20.6 Å². The van der Waals surface area contributed by atoms with Crippen molar-refractivity contribution < 1.29 is 9.90 Å². The summed E-state index contributed by atoms with van der Waals surface area (Å²) in [5, 5.41) is 8.79. The highest BCUT2D eigenvalue weighted by Gasteiger charge is 2.09. The second-order valence-electron chi connectivity index (χ2n) is 4.91. The molecular weight excluding hydrogens is 240 g/mol. The first kappa shape index (κ1) is 13.3. The fourth-order valence-electron chi connectivity index (χ4n) is 2.13. The van der Waals surface area contributed by atoms with Crippen molar-refractivity contribution in [2.24, 2.45) is 0 Å². The standard InChI is InChI=1S/C15H18N2O2/c1-10-4-5-11(2)13(6-10)8-17-9-14(7-15(18)19)16-12(17)3/h4-6,9H,7-8H2,1-3H3,(H,18,19). The zero-order chi connectivity index (χ0) is 14.0. The molecule has 0 aliphatic carbocycles. The van der Waals surface area contributed by atoms with Gasteiger partial charge in [0.15, 0.2) is 0 Å². The van der Waals surface area contributed by atoms with Gasteiger partial charge in [0.2, 0.25) is 0 Å². The van der Waals surface area contributed by atoms with Crippen LogP contribution < -0.4 is 0 Å². The van der Waals surface area contributed by atoms with Crippen LogP contribution in [0.4, 0.5) is 0 Å². The topological polar surface area (TPSA) is 55.1 Å². The monoisotopic (exact) mass is 258 g/mol. The molecule has 4 nitrogen and oxygen atoms in total. The van der Waals surface area contributed by atoms with Crippen LogP contribution in [-0.2, 0) is 17.8 Å². The third-order valence-corrected chi connectivity index (χ3v) is 3.20. The van der Waals surface area contributed by atoms with E-state index in [9.17, 15) is 4.79 Å². The average molecular weight is 258 g/mol. The van der Waals surface area contributed by atoms with Gasteiger partial charge in [-0.25, -0.2) is 4.98 Å². The molecule has 19 heavy (non-hydrogen) atoms. The number of rotatable bonds is 4. The maximum Gasteiger partial charge on any atom is 0.309 e. The smallest absolute Gasteiger partial charge is 0.309 e. The lowest BCUT2D eigenvalue weighted by atomic mass is 10.1. The lowest BCUT2D eigenvalue weighted by Gasteiger charge is -2.09. The van der Waals surface area contributed by atoms with Crippen LogP contribution in [0.2, 0.25) is 0 Å². The van der Waals surface area contributed by atoms with Gasteiger partial charge in [-0.05, 0) is 31.9 Å². The average Bonchev–Trinajstić information content (AvgIpc) is 2.63. The molecule has 2 rings (SSSR count). The first-order valence-corrected chi connectivity index (χ1v) is 6.26. The molecule has 1 aromatic carbocycles. The highest BCUT2D eigenvalue weighted by molar-refractivity contribution is 5.69. The molecule has 0 aliphatic heterocycles. The lowest BCUT2D eigenvalue weighted by molar-refractivity contribution is -0.136. The predicted octanol–water partition coefficient (Wildman–Crippen LogP) is 2.48. The Balaban J connectivity index is 2.25. The molecule has 4 heteroatoms. The molecule has 0 saturated carbocycles. The fraction of sp³-hybridized carbons (Fsp3) is 0.333. The molecule has 2 aromatic rings. The highest BCUT2D eigenvalue weighted by Crippen LogP contribution is 2.14. The Morgan fingerprint density at radius 3 is 2.74 bits per heavy atom. The normalized spacial score (nSPS) is 10.7. The van der Waals surface area contributed by atoms with Gasteiger partial charge in [0, 0.05) is 12.7 Å². The number of carbonyl (C=O) groups is 1. The Kier molecular flexibility index (Phi) is 3.69. The van der Waals surface area contributed by atoms with Crippen molar-refractivity contribution in [1.29, 1.82) is 0 Å². The summed E-state index contributed by atoms with van der Waals surface area (Å²) in [6, 6.07) is 6.36. The number of hydrogen-bond donors (Lipinski definition) is 1. The van der Waals surface area contributed by atoms with Gasteiger partial charge in [-0.3, -0.25) is 4.79 Å². The second-order valence-corrected chi connectivity index (χ2v) is 4.91. The van der Waals surface area contributed by atoms with E-state index >= 15 is 0 Å². The van der Waals surface area contributed by atoms with E-state index in [0.717, 1.165) is 12.4 Å². The number of aromatic nitrogens is 2. The van der Waals surface area contributed by atoms with Gasteiger partial charge in [0.05, 0.1) is 12.1 Å². The SMILES string of the molecule is Cc1ccc(C)c(Cn2cc(CC(=O)O)nc2C)c1. The lowest BCUT2D eigenvalue weighted by Crippen LogP contribution is -2.03. The zero-order valence-corrected chi connectivity index (χ0v) is 11.5. The molecule has 0 saturated heterocycles. The molecule has 100 valence electrons. The Morgan fingerprint density at radius 2 is 2.05 bits per heavy atom. The van der Waals surface area contributed by atoms with Crippen LogP contribution in [0.15, 0.2) is 24.4 Å². The third-order valence-electron chi connectivity index (χ3n) is 3.20. The molecule has 0 aliphatic rings. The second kappa shape index (κ2) is 5.26. The van der Waals surface area contributed by atoms with Crippen molar-refractivity contribution in [3.05, 3.63) is 52.6 Å². The number of nitrogens with zero attached hydrogens (tertiary/aromatic N) is 2. The van der Waals surface area contributed by atoms with E-state index in [2.05, 4.69) is 37.0 Å². The van der Waals surface area contributed by atoms with Gasteiger partial charge >= 0.3 is 5.97 Å². The molecular formula is C15H18N2O2. The maximum atomic E-state index is 10.7. The molecule has 0 fully saturated rings. The number of carboxylic acids is 1. The minimum Gasteiger partial charge on any atom is -0.481 e. The van der Waals surface area contributed by atoms with Crippen LogP contribution >= 0.6 is 0 Å². The summed E-state index contributed by atoms with van der Waals surface area (Å²) in [5.41, 5.74) is 4.31. The summed E-state index contributed by atoms with van der Waals surface area (Å²) < 4.78 is 2.00. The van der Waals surface area contributed by atoms with Crippen LogP contribution in [0.1, 0.15) is 28.2 Å². The summed E-state index contributed by atoms with van der Waals surface area (Å²) in [4.78, 5) is 15.0. The maximum absolute atomic E-state index is 10.7. The minimum absolute atomic E-state index is 0.0271. The minimum atomic E-state index is -0.851. The van der Waals surface area contributed by atoms with Gasteiger partial charge in [0.1, 0.15) is 5.82 Å². The number of hydrogen-bond acceptors (Lipinski definition) is 2. The first-order valence-electron chi connectivity index (χ1n) is 6.26. The largest absolute Gasteiger partial charge is 0.481 e. The third kappa shape index (κ3) is 3.22. The van der Waals surface area contributed by atoms with Crippen molar-refractivity contribution in [2.75, 3.05) is 0 Å². The number of aryl methyl sites for hydroxylation is 3. The van der Waals surface area contributed by atoms with E-state index in [1.54, 1.807) is 0 Å². The Hall–Kier alpha value is -2.10. The van der Waals surface area contributed by atoms with Crippen molar-refractivity contribution in [3.8, 4) is 0 Å². The predicted molar refractivity (Wildman–Crippen MR) is 73.3 cm³/mol. The molecule has 0 unspecified atom stereocenters. The van der Waals surface area contributed by atoms with Crippen molar-refractivity contribution in [1.82, 2.24) is 9.55 Å². The van der Waals surface area contributed by atoms with E-state index in [1.807, 2.05) is 17.7 Å². The molecule has 0 spiro atoms. The summed E-state index contributed by atoms with van der Waals surface area (Å²) in [5.74, 6) is -0.00598. The van der Waals surface area contributed by atoms with Crippen molar-refractivity contribution in [2.45, 2.75) is 33.7 Å². The molecule has 0 atom stereocenters. The number of aliphatic carboxylic acids is 1. The van der Waals surface area contributed by atoms with Gasteiger partial charge in [-0.1, -0.05) is 23.8 Å². The van der Waals surface area contributed by atoms with E-state index in [1.165, 1.54) is 16.7 Å². The van der Waals surface area contributed by atoms with Crippen LogP contribution in [0.25, 0.3) is 0 Å². The van der Waals surface area contributed by atoms with Crippen LogP contribution in [0.5, 0.6) is 0 Å². The summed E-state index contributed by atoms with van der Waals surface area (Å²) >= 11 is 0. The van der Waals surface area contributed by atoms with Crippen LogP contribution in [0, 0.1) is 20.8 Å². The van der Waals surface area contributed by atoms with Gasteiger partial charge in [0.25, 0.3) is 0 Å².